The van der Waals surface area contributed by atoms with Gasteiger partial charge in [0, 0.05) is 36.5 Å². The van der Waals surface area contributed by atoms with Crippen molar-refractivity contribution in [3.05, 3.63) is 35.5 Å². The standard InChI is InChI=1S/C22H32O3.C22H34O2.C20H28O2/c1-3-22-11-8-15(24)12-14(22)4-5-16-17-6-7-19(20(25)13-23)21(17,2)10-9-18(16)22;1-4-22-12-9-16(24)13-15(22)5-6-17-19-8-7-18(14(2)23)21(19,3)11-10-20(17)22;1-3-20-11-8-14(21)12-13(20)4-5-15-16-6-7-18(22)19(16,2)10-9-17(15)20/h12,16-19,23H,3-11,13H2,1-2H3;5-6,15-20,24H,4,7-13H2,1-3H3;12,15-17H,3-11H2,1-2H3/t16-,17-,18-,19+,21-,22-;15?,16-,17-,18+,19-,20-,21+,22-;15-,16-,17-,19-,20-/m000/s1. The van der Waals surface area contributed by atoms with E-state index in [0.717, 1.165) is 114 Å². The number of rotatable bonds is 6. The number of ketones is 5. The Hall–Kier alpha value is -2.51. The summed E-state index contributed by atoms with van der Waals surface area (Å²) >= 11 is 0. The number of carbonyl (C=O) groups excluding carboxylic acids is 5. The van der Waals surface area contributed by atoms with Crippen molar-refractivity contribution < 1.29 is 34.2 Å². The van der Waals surface area contributed by atoms with E-state index in [1.807, 2.05) is 19.1 Å². The summed E-state index contributed by atoms with van der Waals surface area (Å²) < 4.78 is 0. The van der Waals surface area contributed by atoms with Crippen molar-refractivity contribution in [1.82, 2.24) is 0 Å². The highest BCUT2D eigenvalue weighted by atomic mass is 16.3. The first-order valence-electron chi connectivity index (χ1n) is 29.9. The van der Waals surface area contributed by atoms with E-state index in [9.17, 15) is 34.2 Å². The molecule has 0 aromatic heterocycles. The summed E-state index contributed by atoms with van der Waals surface area (Å²) in [6, 6.07) is 0. The van der Waals surface area contributed by atoms with Crippen LogP contribution in [0.5, 0.6) is 0 Å². The third-order valence-electron chi connectivity index (χ3n) is 25.9. The first-order valence-corrected chi connectivity index (χ1v) is 29.9. The summed E-state index contributed by atoms with van der Waals surface area (Å²) in [5.41, 5.74) is 4.13. The number of Topliss-reactive ketones (excluding diaryl/α,β-unsaturated/α-hetero) is 3. The maximum absolute atomic E-state index is 12.4. The molecule has 1 unspecified atom stereocenters. The Morgan fingerprint density at radius 3 is 1.72 bits per heavy atom. The molecule has 12 aliphatic rings. The molecule has 392 valence electrons. The molecule has 12 rings (SSSR count). The second-order valence-electron chi connectivity index (χ2n) is 27.4. The molecule has 0 radical (unpaired) electrons. The van der Waals surface area contributed by atoms with Gasteiger partial charge in [0.25, 0.3) is 0 Å². The Morgan fingerprint density at radius 1 is 0.563 bits per heavy atom. The van der Waals surface area contributed by atoms with Crippen LogP contribution in [0.2, 0.25) is 0 Å². The summed E-state index contributed by atoms with van der Waals surface area (Å²) in [5.74, 6) is 8.78. The fraction of sp³-hybridized carbons (Fsp3) is 0.828. The first-order chi connectivity index (χ1) is 33.9. The molecule has 0 aromatic rings. The molecule has 7 nitrogen and oxygen atoms in total. The molecule has 12 aliphatic carbocycles. The maximum Gasteiger partial charge on any atom is 0.161 e. The summed E-state index contributed by atoms with van der Waals surface area (Å²) in [5, 5.41) is 19.6. The van der Waals surface area contributed by atoms with Crippen molar-refractivity contribution in [2.75, 3.05) is 6.61 Å². The van der Waals surface area contributed by atoms with Crippen LogP contribution in [-0.2, 0) is 24.0 Å². The third kappa shape index (κ3) is 7.98. The number of aliphatic hydroxyl groups is 2. The van der Waals surface area contributed by atoms with Crippen LogP contribution in [-0.4, -0.2) is 51.8 Å². The van der Waals surface area contributed by atoms with Gasteiger partial charge >= 0.3 is 0 Å². The molecule has 9 fully saturated rings. The smallest absolute Gasteiger partial charge is 0.161 e. The number of carbonyl (C=O) groups is 5. The van der Waals surface area contributed by atoms with Crippen LogP contribution >= 0.6 is 0 Å². The molecule has 0 saturated heterocycles. The fourth-order valence-electron chi connectivity index (χ4n) is 22.2. The van der Waals surface area contributed by atoms with Crippen LogP contribution in [0.3, 0.4) is 0 Å². The number of allylic oxidation sites excluding steroid dienone is 4. The van der Waals surface area contributed by atoms with Crippen LogP contribution in [0, 0.1) is 104 Å². The molecule has 0 amide bonds. The molecule has 0 aromatic carbocycles. The van der Waals surface area contributed by atoms with Crippen LogP contribution in [0.4, 0.5) is 0 Å². The lowest BCUT2D eigenvalue weighted by molar-refractivity contribution is -0.134. The molecule has 19 atom stereocenters. The van der Waals surface area contributed by atoms with Gasteiger partial charge in [-0.2, -0.15) is 0 Å². The minimum atomic E-state index is -0.297. The average Bonchev–Trinajstić information content (AvgIpc) is 4.02. The second-order valence-corrected chi connectivity index (χ2v) is 27.4. The van der Waals surface area contributed by atoms with E-state index in [2.05, 4.69) is 53.7 Å². The lowest BCUT2D eigenvalue weighted by atomic mass is 9.45. The average molecular weight is 975 g/mol. The molecular weight excluding hydrogens is 881 g/mol. The predicted octanol–water partition coefficient (Wildman–Crippen LogP) is 13.3. The molecule has 0 aliphatic heterocycles. The summed E-state index contributed by atoms with van der Waals surface area (Å²) in [4.78, 5) is 60.8. The molecule has 0 heterocycles. The van der Waals surface area contributed by atoms with Crippen molar-refractivity contribution in [1.29, 1.82) is 0 Å². The number of hydrogen-bond donors (Lipinski definition) is 2. The van der Waals surface area contributed by atoms with Gasteiger partial charge in [0.2, 0.25) is 0 Å². The number of aliphatic hydroxyl groups excluding tert-OH is 2. The van der Waals surface area contributed by atoms with E-state index in [0.29, 0.717) is 82.3 Å². The highest BCUT2D eigenvalue weighted by Crippen LogP contribution is 2.70. The Labute approximate surface area is 428 Å². The van der Waals surface area contributed by atoms with E-state index >= 15 is 0 Å². The molecule has 71 heavy (non-hydrogen) atoms. The topological polar surface area (TPSA) is 126 Å². The van der Waals surface area contributed by atoms with Crippen molar-refractivity contribution in [3.8, 4) is 0 Å². The van der Waals surface area contributed by atoms with Gasteiger partial charge < -0.3 is 10.2 Å². The Balaban J connectivity index is 0.000000123. The predicted molar refractivity (Wildman–Crippen MR) is 280 cm³/mol. The monoisotopic (exact) mass is 975 g/mol. The van der Waals surface area contributed by atoms with Crippen LogP contribution in [0.15, 0.2) is 35.5 Å². The quantitative estimate of drug-likeness (QED) is 0.254. The zero-order valence-electron chi connectivity index (χ0n) is 45.3. The first kappa shape index (κ1) is 52.0. The van der Waals surface area contributed by atoms with Crippen LogP contribution < -0.4 is 0 Å². The van der Waals surface area contributed by atoms with Crippen LogP contribution in [0.25, 0.3) is 0 Å². The van der Waals surface area contributed by atoms with Gasteiger partial charge in [-0.1, -0.05) is 64.8 Å². The summed E-state index contributed by atoms with van der Waals surface area (Å²) in [6.07, 6.45) is 37.2. The van der Waals surface area contributed by atoms with Gasteiger partial charge in [-0.15, -0.1) is 0 Å². The van der Waals surface area contributed by atoms with Crippen molar-refractivity contribution >= 4 is 28.9 Å². The van der Waals surface area contributed by atoms with Gasteiger partial charge in [0.15, 0.2) is 17.3 Å². The van der Waals surface area contributed by atoms with Crippen molar-refractivity contribution in [2.24, 2.45) is 104 Å². The van der Waals surface area contributed by atoms with Gasteiger partial charge in [0.1, 0.15) is 18.2 Å². The third-order valence-corrected chi connectivity index (χ3v) is 25.9. The zero-order valence-corrected chi connectivity index (χ0v) is 45.3. The molecule has 7 heteroatoms. The van der Waals surface area contributed by atoms with E-state index in [4.69, 9.17) is 0 Å². The van der Waals surface area contributed by atoms with Gasteiger partial charge in [-0.3, -0.25) is 24.0 Å². The molecule has 9 saturated carbocycles. The minimum absolute atomic E-state index is 0.0260. The van der Waals surface area contributed by atoms with Crippen molar-refractivity contribution in [2.45, 2.75) is 222 Å². The summed E-state index contributed by atoms with van der Waals surface area (Å²) in [7, 11) is 0. The SMILES string of the molecule is CC[C@]12CCC(=O)C=C1CC[C@@H]1[C@@H]2CC[C@]2(C)C(=O)CC[C@@H]12.CC[C@]12CCC(=O)C=C1CC[C@@H]1[C@@H]2CC[C@]2(C)[C@@H](C(=O)CO)CC[C@@H]12.CC[C@]12CC[C@H](O)CC1C=C[C@@H]1[C@@H]2CC[C@]2(C)[C@@H](C(C)=O)CC[C@@H]12. The fourth-order valence-corrected chi connectivity index (χ4v) is 22.2. The Bertz CT molecular complexity index is 2220. The lowest BCUT2D eigenvalue weighted by Gasteiger charge is -2.59. The Morgan fingerprint density at radius 2 is 1.13 bits per heavy atom. The lowest BCUT2D eigenvalue weighted by Crippen LogP contribution is -2.53. The highest BCUT2D eigenvalue weighted by molar-refractivity contribution is 5.92. The van der Waals surface area contributed by atoms with Crippen LogP contribution in [0.1, 0.15) is 215 Å². The minimum Gasteiger partial charge on any atom is -0.393 e. The van der Waals surface area contributed by atoms with Gasteiger partial charge in [0.05, 0.1) is 6.10 Å². The number of hydrogen-bond acceptors (Lipinski definition) is 7. The molecule has 2 N–H and O–H groups in total. The normalized spacial score (nSPS) is 48.9. The maximum atomic E-state index is 12.4. The number of fused-ring (bicyclic) bond motifs is 15. The van der Waals surface area contributed by atoms with E-state index < -0.39 is 0 Å². The van der Waals surface area contributed by atoms with Crippen molar-refractivity contribution in [3.63, 3.8) is 0 Å². The molecular formula is C64H94O7. The second kappa shape index (κ2) is 19.3. The van der Waals surface area contributed by atoms with Gasteiger partial charge in [-0.05, 0) is 253 Å². The zero-order chi connectivity index (χ0) is 50.5. The van der Waals surface area contributed by atoms with E-state index in [-0.39, 0.29) is 51.5 Å². The molecule has 0 spiro atoms. The molecule has 0 bridgehead atoms. The van der Waals surface area contributed by atoms with Gasteiger partial charge in [-0.25, -0.2) is 0 Å². The van der Waals surface area contributed by atoms with E-state index in [1.165, 1.54) is 75.4 Å². The highest BCUT2D eigenvalue weighted by Gasteiger charge is 2.63. The van der Waals surface area contributed by atoms with E-state index in [1.54, 1.807) is 0 Å². The Kier molecular flexibility index (Phi) is 14.1. The summed E-state index contributed by atoms with van der Waals surface area (Å²) in [6.45, 7) is 15.5. The largest absolute Gasteiger partial charge is 0.393 e.